The summed E-state index contributed by atoms with van der Waals surface area (Å²) in [6, 6.07) is 3.07. The van der Waals surface area contributed by atoms with Crippen molar-refractivity contribution in [2.45, 2.75) is 46.5 Å². The van der Waals surface area contributed by atoms with Gasteiger partial charge in [0.1, 0.15) is 0 Å². The molecule has 0 aliphatic heterocycles. The normalized spacial score (nSPS) is 12.8. The van der Waals surface area contributed by atoms with Crippen LogP contribution in [0, 0.1) is 5.41 Å². The second kappa shape index (κ2) is 4.13. The quantitative estimate of drug-likeness (QED) is 0.691. The van der Waals surface area contributed by atoms with E-state index in [1.807, 2.05) is 13.8 Å². The highest BCUT2D eigenvalue weighted by atomic mass is 16.3. The van der Waals surface area contributed by atoms with Crippen LogP contribution in [0.25, 0.3) is 0 Å². The summed E-state index contributed by atoms with van der Waals surface area (Å²) in [6.45, 7) is 10.4. The average molecular weight is 238 g/mol. The molecule has 96 valence electrons. The van der Waals surface area contributed by atoms with Crippen LogP contribution in [0.2, 0.25) is 0 Å². The first-order chi connectivity index (χ1) is 7.54. The Labute approximate surface area is 103 Å². The molecule has 1 aromatic rings. The highest BCUT2D eigenvalue weighted by Gasteiger charge is 2.30. The van der Waals surface area contributed by atoms with Crippen molar-refractivity contribution in [3.05, 3.63) is 17.7 Å². The third-order valence-electron chi connectivity index (χ3n) is 2.83. The number of rotatable bonds is 2. The molecule has 0 amide bonds. The number of hydrogen-bond donors (Lipinski definition) is 3. The van der Waals surface area contributed by atoms with Gasteiger partial charge in [-0.15, -0.1) is 0 Å². The van der Waals surface area contributed by atoms with Crippen LogP contribution in [0.5, 0.6) is 17.2 Å². The maximum absolute atomic E-state index is 9.90. The zero-order valence-electron chi connectivity index (χ0n) is 11.2. The summed E-state index contributed by atoms with van der Waals surface area (Å²) in [5.74, 6) is -0.957. The predicted molar refractivity (Wildman–Crippen MR) is 68.5 cm³/mol. The fraction of sp³-hybridized carbons (Fsp3) is 0.571. The van der Waals surface area contributed by atoms with Crippen LogP contribution in [0.3, 0.4) is 0 Å². The Morgan fingerprint density at radius 3 is 1.88 bits per heavy atom. The van der Waals surface area contributed by atoms with Crippen LogP contribution in [-0.4, -0.2) is 15.3 Å². The van der Waals surface area contributed by atoms with Crippen LogP contribution < -0.4 is 0 Å². The number of phenolic OH excluding ortho intramolecular Hbond substituents is 3. The topological polar surface area (TPSA) is 60.7 Å². The van der Waals surface area contributed by atoms with Crippen molar-refractivity contribution in [1.82, 2.24) is 0 Å². The van der Waals surface area contributed by atoms with Gasteiger partial charge in [0.15, 0.2) is 11.5 Å². The summed E-state index contributed by atoms with van der Waals surface area (Å²) in [5, 5.41) is 28.8. The largest absolute Gasteiger partial charge is 0.504 e. The van der Waals surface area contributed by atoms with E-state index in [0.29, 0.717) is 5.56 Å². The van der Waals surface area contributed by atoms with Gasteiger partial charge in [-0.25, -0.2) is 0 Å². The zero-order chi connectivity index (χ0) is 13.4. The van der Waals surface area contributed by atoms with Gasteiger partial charge in [-0.2, -0.15) is 0 Å². The van der Waals surface area contributed by atoms with Crippen LogP contribution >= 0.6 is 0 Å². The van der Waals surface area contributed by atoms with Gasteiger partial charge in [0.25, 0.3) is 0 Å². The van der Waals surface area contributed by atoms with E-state index in [0.717, 1.165) is 6.42 Å². The minimum absolute atomic E-state index is 0.115. The van der Waals surface area contributed by atoms with E-state index in [9.17, 15) is 15.3 Å². The van der Waals surface area contributed by atoms with Gasteiger partial charge < -0.3 is 15.3 Å². The number of benzene rings is 1. The van der Waals surface area contributed by atoms with Gasteiger partial charge >= 0.3 is 0 Å². The lowest BCUT2D eigenvalue weighted by atomic mass is 9.72. The Morgan fingerprint density at radius 2 is 1.41 bits per heavy atom. The Kier molecular flexibility index (Phi) is 3.33. The number of phenols is 3. The Hall–Kier alpha value is -1.38. The molecule has 0 heterocycles. The molecule has 0 aromatic heterocycles. The molecule has 0 bridgehead atoms. The highest BCUT2D eigenvalue weighted by Crippen LogP contribution is 2.45. The van der Waals surface area contributed by atoms with E-state index in [1.54, 1.807) is 6.07 Å². The van der Waals surface area contributed by atoms with E-state index in [4.69, 9.17) is 0 Å². The first-order valence-corrected chi connectivity index (χ1v) is 5.79. The summed E-state index contributed by atoms with van der Waals surface area (Å²) >= 11 is 0. The highest BCUT2D eigenvalue weighted by molar-refractivity contribution is 5.55. The molecule has 0 saturated carbocycles. The molecule has 17 heavy (non-hydrogen) atoms. The van der Waals surface area contributed by atoms with Crippen LogP contribution in [0.15, 0.2) is 12.1 Å². The molecule has 0 fully saturated rings. The molecule has 3 nitrogen and oxygen atoms in total. The van der Waals surface area contributed by atoms with Crippen molar-refractivity contribution in [3.63, 3.8) is 0 Å². The molecule has 0 aliphatic rings. The van der Waals surface area contributed by atoms with E-state index < -0.39 is 5.75 Å². The molecule has 3 N–H and O–H groups in total. The minimum Gasteiger partial charge on any atom is -0.504 e. The van der Waals surface area contributed by atoms with Crippen molar-refractivity contribution >= 4 is 0 Å². The van der Waals surface area contributed by atoms with Gasteiger partial charge in [-0.1, -0.05) is 40.7 Å². The second-order valence-electron chi connectivity index (χ2n) is 6.45. The summed E-state index contributed by atoms with van der Waals surface area (Å²) in [7, 11) is 0. The van der Waals surface area contributed by atoms with Gasteiger partial charge in [0.2, 0.25) is 5.75 Å². The summed E-state index contributed by atoms with van der Waals surface area (Å²) < 4.78 is 0. The molecule has 1 rings (SSSR count). The zero-order valence-corrected chi connectivity index (χ0v) is 11.2. The Balaban J connectivity index is 3.20. The molecule has 0 aliphatic carbocycles. The standard InChI is InChI=1S/C14H22O3/c1-13(2,3)8-14(4,5)9-6-7-10(15)12(17)11(9)16/h6-7,15-17H,8H2,1-5H3. The number of aromatic hydroxyl groups is 3. The van der Waals surface area contributed by atoms with Crippen molar-refractivity contribution < 1.29 is 15.3 Å². The Bertz CT molecular complexity index is 414. The van der Waals surface area contributed by atoms with E-state index in [2.05, 4.69) is 20.8 Å². The molecule has 0 radical (unpaired) electrons. The smallest absolute Gasteiger partial charge is 0.200 e. The fourth-order valence-electron chi connectivity index (χ4n) is 2.54. The first-order valence-electron chi connectivity index (χ1n) is 5.79. The van der Waals surface area contributed by atoms with E-state index in [-0.39, 0.29) is 22.3 Å². The SMILES string of the molecule is CC(C)(C)CC(C)(C)c1ccc(O)c(O)c1O. The van der Waals surface area contributed by atoms with Crippen molar-refractivity contribution in [3.8, 4) is 17.2 Å². The van der Waals surface area contributed by atoms with Crippen LogP contribution in [0.4, 0.5) is 0 Å². The first kappa shape index (κ1) is 13.7. The lowest BCUT2D eigenvalue weighted by Gasteiger charge is -2.33. The maximum Gasteiger partial charge on any atom is 0.200 e. The molecule has 1 aromatic carbocycles. The maximum atomic E-state index is 9.90. The van der Waals surface area contributed by atoms with Crippen LogP contribution in [0.1, 0.15) is 46.6 Å². The second-order valence-corrected chi connectivity index (χ2v) is 6.45. The molecule has 3 heteroatoms. The Morgan fingerprint density at radius 1 is 0.882 bits per heavy atom. The fourth-order valence-corrected chi connectivity index (χ4v) is 2.54. The molecule has 0 unspecified atom stereocenters. The van der Waals surface area contributed by atoms with Gasteiger partial charge in [0.05, 0.1) is 0 Å². The predicted octanol–water partition coefficient (Wildman–Crippen LogP) is 3.52. The van der Waals surface area contributed by atoms with Crippen molar-refractivity contribution in [2.24, 2.45) is 5.41 Å². The summed E-state index contributed by atoms with van der Waals surface area (Å²) in [5.41, 5.74) is 0.500. The molecule has 0 spiro atoms. The average Bonchev–Trinajstić information content (AvgIpc) is 2.09. The minimum atomic E-state index is -0.440. The van der Waals surface area contributed by atoms with E-state index >= 15 is 0 Å². The molecular formula is C14H22O3. The summed E-state index contributed by atoms with van der Waals surface area (Å²) in [6.07, 6.45) is 0.859. The van der Waals surface area contributed by atoms with Crippen molar-refractivity contribution in [1.29, 1.82) is 0 Å². The third-order valence-corrected chi connectivity index (χ3v) is 2.83. The summed E-state index contributed by atoms with van der Waals surface area (Å²) in [4.78, 5) is 0. The van der Waals surface area contributed by atoms with Crippen molar-refractivity contribution in [2.75, 3.05) is 0 Å². The third kappa shape index (κ3) is 3.05. The lowest BCUT2D eigenvalue weighted by Crippen LogP contribution is -2.24. The van der Waals surface area contributed by atoms with Gasteiger partial charge in [-0.3, -0.25) is 0 Å². The molecular weight excluding hydrogens is 216 g/mol. The number of hydrogen-bond acceptors (Lipinski definition) is 3. The monoisotopic (exact) mass is 238 g/mol. The van der Waals surface area contributed by atoms with Crippen LogP contribution in [-0.2, 0) is 5.41 Å². The molecule has 0 atom stereocenters. The van der Waals surface area contributed by atoms with E-state index in [1.165, 1.54) is 6.07 Å². The molecule has 0 saturated heterocycles. The van der Waals surface area contributed by atoms with Gasteiger partial charge in [-0.05, 0) is 23.3 Å². The lowest BCUT2D eigenvalue weighted by molar-refractivity contribution is 0.275. The van der Waals surface area contributed by atoms with Gasteiger partial charge in [0, 0.05) is 5.56 Å².